The molecule has 0 aliphatic heterocycles. The molecule has 0 amide bonds. The van der Waals surface area contributed by atoms with Crippen molar-refractivity contribution in [2.24, 2.45) is 0 Å². The Morgan fingerprint density at radius 2 is 1.71 bits per heavy atom. The Kier molecular flexibility index (Phi) is 2.65. The SMILES string of the molecule is Cc1nsc2c1c(=O)c1ccccc1n2-c1ccccc1. The summed E-state index contributed by atoms with van der Waals surface area (Å²) in [5.74, 6) is 0. The van der Waals surface area contributed by atoms with Crippen LogP contribution in [0.15, 0.2) is 59.4 Å². The molecule has 0 N–H and O–H groups in total. The smallest absolute Gasteiger partial charge is 0.200 e. The summed E-state index contributed by atoms with van der Waals surface area (Å²) in [4.78, 5) is 13.6. The topological polar surface area (TPSA) is 34.9 Å². The van der Waals surface area contributed by atoms with Crippen molar-refractivity contribution in [3.8, 4) is 5.69 Å². The number of para-hydroxylation sites is 2. The molecule has 3 nitrogen and oxygen atoms in total. The highest BCUT2D eigenvalue weighted by Gasteiger charge is 2.15. The highest BCUT2D eigenvalue weighted by Crippen LogP contribution is 2.27. The zero-order valence-corrected chi connectivity index (χ0v) is 12.2. The van der Waals surface area contributed by atoms with Gasteiger partial charge in [0, 0.05) is 11.1 Å². The largest absolute Gasteiger partial charge is 0.299 e. The average molecular weight is 292 g/mol. The second-order valence-corrected chi connectivity index (χ2v) is 5.72. The zero-order valence-electron chi connectivity index (χ0n) is 11.4. The van der Waals surface area contributed by atoms with E-state index in [1.54, 1.807) is 0 Å². The van der Waals surface area contributed by atoms with Crippen LogP contribution in [0, 0.1) is 6.92 Å². The van der Waals surface area contributed by atoms with Crippen LogP contribution in [-0.4, -0.2) is 8.94 Å². The number of nitrogens with zero attached hydrogens (tertiary/aromatic N) is 2. The molecule has 4 rings (SSSR count). The summed E-state index contributed by atoms with van der Waals surface area (Å²) in [5.41, 5.74) is 2.83. The first kappa shape index (κ1) is 12.3. The molecular weight excluding hydrogens is 280 g/mol. The summed E-state index contributed by atoms with van der Waals surface area (Å²) in [6, 6.07) is 17.8. The van der Waals surface area contributed by atoms with E-state index in [0.29, 0.717) is 0 Å². The second-order valence-electron chi connectivity index (χ2n) is 4.97. The quantitative estimate of drug-likeness (QED) is 0.533. The van der Waals surface area contributed by atoms with Crippen LogP contribution in [0.2, 0.25) is 0 Å². The predicted molar refractivity (Wildman–Crippen MR) is 87.5 cm³/mol. The zero-order chi connectivity index (χ0) is 14.4. The van der Waals surface area contributed by atoms with Gasteiger partial charge in [0.05, 0.1) is 16.6 Å². The minimum atomic E-state index is 0.0685. The van der Waals surface area contributed by atoms with Gasteiger partial charge < -0.3 is 0 Å². The number of benzene rings is 2. The standard InChI is InChI=1S/C17H12N2OS/c1-11-15-16(20)13-9-5-6-10-14(13)19(17(15)21-18-11)12-7-3-2-4-8-12/h2-10H,1H3. The minimum Gasteiger partial charge on any atom is -0.299 e. The third-order valence-corrected chi connectivity index (χ3v) is 4.60. The van der Waals surface area contributed by atoms with Gasteiger partial charge in [-0.1, -0.05) is 30.3 Å². The van der Waals surface area contributed by atoms with Crippen molar-refractivity contribution >= 4 is 32.7 Å². The molecule has 0 bridgehead atoms. The number of aryl methyl sites for hydroxylation is 1. The molecule has 102 valence electrons. The molecule has 0 atom stereocenters. The molecular formula is C17H12N2OS. The van der Waals surface area contributed by atoms with Gasteiger partial charge in [-0.25, -0.2) is 0 Å². The van der Waals surface area contributed by atoms with E-state index in [1.165, 1.54) is 11.5 Å². The van der Waals surface area contributed by atoms with Crippen molar-refractivity contribution in [3.63, 3.8) is 0 Å². The summed E-state index contributed by atoms with van der Waals surface area (Å²) in [5, 5.41) is 1.46. The number of hydrogen-bond acceptors (Lipinski definition) is 3. The van der Waals surface area contributed by atoms with Crippen molar-refractivity contribution in [1.82, 2.24) is 8.94 Å². The van der Waals surface area contributed by atoms with Crippen LogP contribution < -0.4 is 5.43 Å². The van der Waals surface area contributed by atoms with Crippen LogP contribution in [-0.2, 0) is 0 Å². The Bertz CT molecular complexity index is 1020. The number of hydrogen-bond donors (Lipinski definition) is 0. The van der Waals surface area contributed by atoms with Crippen LogP contribution in [0.1, 0.15) is 5.69 Å². The second kappa shape index (κ2) is 4.53. The lowest BCUT2D eigenvalue weighted by molar-refractivity contribution is 1.18. The number of aromatic nitrogens is 2. The fraction of sp³-hybridized carbons (Fsp3) is 0.0588. The van der Waals surface area contributed by atoms with Gasteiger partial charge in [0.15, 0.2) is 5.43 Å². The molecule has 4 heteroatoms. The van der Waals surface area contributed by atoms with E-state index in [2.05, 4.69) is 8.94 Å². The Hall–Kier alpha value is -2.46. The molecule has 0 saturated carbocycles. The maximum absolute atomic E-state index is 12.7. The first-order valence-corrected chi connectivity index (χ1v) is 7.50. The summed E-state index contributed by atoms with van der Waals surface area (Å²) in [7, 11) is 0. The summed E-state index contributed by atoms with van der Waals surface area (Å²) >= 11 is 1.38. The normalized spacial score (nSPS) is 11.3. The summed E-state index contributed by atoms with van der Waals surface area (Å²) in [6.07, 6.45) is 0. The maximum atomic E-state index is 12.7. The Morgan fingerprint density at radius 3 is 2.52 bits per heavy atom. The highest BCUT2D eigenvalue weighted by atomic mass is 32.1. The van der Waals surface area contributed by atoms with Gasteiger partial charge >= 0.3 is 0 Å². The van der Waals surface area contributed by atoms with E-state index in [1.807, 2.05) is 61.5 Å². The molecule has 2 aromatic heterocycles. The van der Waals surface area contributed by atoms with Crippen LogP contribution >= 0.6 is 11.5 Å². The summed E-state index contributed by atoms with van der Waals surface area (Å²) in [6.45, 7) is 1.89. The maximum Gasteiger partial charge on any atom is 0.200 e. The number of pyridine rings is 1. The first-order chi connectivity index (χ1) is 10.3. The van der Waals surface area contributed by atoms with Crippen molar-refractivity contribution in [2.45, 2.75) is 6.92 Å². The minimum absolute atomic E-state index is 0.0685. The van der Waals surface area contributed by atoms with Gasteiger partial charge in [0.2, 0.25) is 0 Å². The van der Waals surface area contributed by atoms with Gasteiger partial charge in [-0.3, -0.25) is 9.36 Å². The Morgan fingerprint density at radius 1 is 1.00 bits per heavy atom. The fourth-order valence-electron chi connectivity index (χ4n) is 2.71. The predicted octanol–water partition coefficient (Wildman–Crippen LogP) is 3.91. The molecule has 0 fully saturated rings. The van der Waals surface area contributed by atoms with E-state index in [9.17, 15) is 4.79 Å². The van der Waals surface area contributed by atoms with Gasteiger partial charge in [-0.2, -0.15) is 4.37 Å². The van der Waals surface area contributed by atoms with E-state index in [4.69, 9.17) is 0 Å². The molecule has 0 radical (unpaired) electrons. The molecule has 0 spiro atoms. The number of rotatable bonds is 1. The molecule has 2 aromatic carbocycles. The third-order valence-electron chi connectivity index (χ3n) is 3.68. The van der Waals surface area contributed by atoms with Gasteiger partial charge in [-0.15, -0.1) is 0 Å². The van der Waals surface area contributed by atoms with Crippen LogP contribution in [0.25, 0.3) is 26.8 Å². The molecule has 0 unspecified atom stereocenters. The lowest BCUT2D eigenvalue weighted by Gasteiger charge is -2.12. The van der Waals surface area contributed by atoms with Crippen LogP contribution in [0.3, 0.4) is 0 Å². The van der Waals surface area contributed by atoms with E-state index >= 15 is 0 Å². The monoisotopic (exact) mass is 292 g/mol. The molecule has 21 heavy (non-hydrogen) atoms. The van der Waals surface area contributed by atoms with E-state index < -0.39 is 0 Å². The molecule has 4 aromatic rings. The Labute approximate surface area is 125 Å². The lowest BCUT2D eigenvalue weighted by atomic mass is 10.1. The van der Waals surface area contributed by atoms with Crippen molar-refractivity contribution in [2.75, 3.05) is 0 Å². The van der Waals surface area contributed by atoms with E-state index in [-0.39, 0.29) is 5.43 Å². The molecule has 0 aliphatic carbocycles. The third kappa shape index (κ3) is 1.73. The van der Waals surface area contributed by atoms with Gasteiger partial charge in [0.1, 0.15) is 4.83 Å². The first-order valence-electron chi connectivity index (χ1n) is 6.72. The molecule has 2 heterocycles. The number of fused-ring (bicyclic) bond motifs is 2. The molecule has 0 aliphatic rings. The van der Waals surface area contributed by atoms with Crippen LogP contribution in [0.5, 0.6) is 0 Å². The van der Waals surface area contributed by atoms with Gasteiger partial charge in [0.25, 0.3) is 0 Å². The average Bonchev–Trinajstić information content (AvgIpc) is 2.91. The van der Waals surface area contributed by atoms with Crippen molar-refractivity contribution in [3.05, 3.63) is 70.5 Å². The lowest BCUT2D eigenvalue weighted by Crippen LogP contribution is -2.09. The van der Waals surface area contributed by atoms with Crippen LogP contribution in [0.4, 0.5) is 0 Å². The van der Waals surface area contributed by atoms with Crippen molar-refractivity contribution < 1.29 is 0 Å². The highest BCUT2D eigenvalue weighted by molar-refractivity contribution is 7.13. The fourth-order valence-corrected chi connectivity index (χ4v) is 3.64. The van der Waals surface area contributed by atoms with E-state index in [0.717, 1.165) is 32.5 Å². The molecule has 0 saturated heterocycles. The summed E-state index contributed by atoms with van der Waals surface area (Å²) < 4.78 is 6.51. The Balaban J connectivity index is 2.32. The van der Waals surface area contributed by atoms with Crippen molar-refractivity contribution in [1.29, 1.82) is 0 Å². The van der Waals surface area contributed by atoms with Gasteiger partial charge in [-0.05, 0) is 42.7 Å².